The van der Waals surface area contributed by atoms with E-state index in [9.17, 15) is 56.1 Å². The predicted molar refractivity (Wildman–Crippen MR) is 81.0 cm³/mol. The van der Waals surface area contributed by atoms with Crippen molar-refractivity contribution in [3.63, 3.8) is 0 Å². The SMILES string of the molecule is O=[N+]([O-])C([N+](=O)[O-])[N+]([O-])=Nc1nonc1N=[N+]([O-])c1nonc1N=[N+]([O-])C([N+](=O)[O-])[N+](=O)[O-]. The first-order chi connectivity index (χ1) is 15.4. The van der Waals surface area contributed by atoms with Gasteiger partial charge in [-0.1, -0.05) is 5.11 Å². The molecule has 0 unspecified atom stereocenters. The van der Waals surface area contributed by atoms with Crippen LogP contribution in [-0.2, 0) is 0 Å². The second-order valence-corrected chi connectivity index (χ2v) is 4.84. The minimum Gasteiger partial charge on any atom is -0.690 e. The van der Waals surface area contributed by atoms with Crippen LogP contribution < -0.4 is 0 Å². The molecule has 0 aliphatic rings. The Balaban J connectivity index is 2.43. The third-order valence-electron chi connectivity index (χ3n) is 2.81. The molecule has 27 heteroatoms. The molecule has 2 rings (SSSR count). The average molecular weight is 478 g/mol. The van der Waals surface area contributed by atoms with Crippen molar-refractivity contribution >= 4 is 23.3 Å². The van der Waals surface area contributed by atoms with Gasteiger partial charge in [-0.05, 0) is 10.3 Å². The highest BCUT2D eigenvalue weighted by Crippen LogP contribution is 2.28. The van der Waals surface area contributed by atoms with Crippen LogP contribution in [0.25, 0.3) is 0 Å². The number of nitrogens with zero attached hydrogens (tertiary/aromatic N) is 14. The maximum absolute atomic E-state index is 12.1. The summed E-state index contributed by atoms with van der Waals surface area (Å²) in [4.78, 5) is 33.0. The van der Waals surface area contributed by atoms with Gasteiger partial charge in [0, 0.05) is 10.3 Å². The second kappa shape index (κ2) is 9.26. The van der Waals surface area contributed by atoms with E-state index in [0.717, 1.165) is 0 Å². The van der Waals surface area contributed by atoms with E-state index in [0.29, 0.717) is 0 Å². The fourth-order valence-electron chi connectivity index (χ4n) is 1.57. The molecule has 0 aliphatic carbocycles. The van der Waals surface area contributed by atoms with Crippen molar-refractivity contribution in [2.75, 3.05) is 0 Å². The van der Waals surface area contributed by atoms with E-state index in [2.05, 4.69) is 45.2 Å². The summed E-state index contributed by atoms with van der Waals surface area (Å²) in [6.45, 7) is 0. The van der Waals surface area contributed by atoms with Crippen LogP contribution in [0.1, 0.15) is 0 Å². The zero-order chi connectivity index (χ0) is 24.9. The first-order valence-electron chi connectivity index (χ1n) is 7.18. The number of hydroxylamine groups is 2. The molecule has 27 nitrogen and oxygen atoms in total. The van der Waals surface area contributed by atoms with Crippen LogP contribution in [-0.4, -0.2) is 67.5 Å². The first kappa shape index (κ1) is 23.4. The van der Waals surface area contributed by atoms with E-state index >= 15 is 0 Å². The van der Waals surface area contributed by atoms with E-state index in [-0.39, 0.29) is 0 Å². The zero-order valence-electron chi connectivity index (χ0n) is 14.7. The molecule has 0 N–H and O–H groups in total. The van der Waals surface area contributed by atoms with Gasteiger partial charge >= 0.3 is 30.0 Å². The van der Waals surface area contributed by atoms with Crippen LogP contribution >= 0.6 is 0 Å². The van der Waals surface area contributed by atoms with Gasteiger partial charge in [-0.25, -0.2) is 4.63 Å². The van der Waals surface area contributed by atoms with Crippen LogP contribution in [0.4, 0.5) is 23.3 Å². The summed E-state index contributed by atoms with van der Waals surface area (Å²) >= 11 is 0. The van der Waals surface area contributed by atoms with Crippen molar-refractivity contribution in [1.82, 2.24) is 20.6 Å². The number of hydrogen-bond acceptors (Lipinski definition) is 20. The zero-order valence-corrected chi connectivity index (χ0v) is 14.7. The van der Waals surface area contributed by atoms with Gasteiger partial charge < -0.3 is 15.6 Å². The monoisotopic (exact) mass is 478 g/mol. The molecule has 33 heavy (non-hydrogen) atoms. The molecule has 174 valence electrons. The summed E-state index contributed by atoms with van der Waals surface area (Å²) in [6, 6.07) is 0. The van der Waals surface area contributed by atoms with Gasteiger partial charge in [0.1, 0.15) is 0 Å². The van der Waals surface area contributed by atoms with Gasteiger partial charge in [0.2, 0.25) is 0 Å². The molecule has 2 aromatic rings. The van der Waals surface area contributed by atoms with Crippen molar-refractivity contribution < 1.29 is 43.5 Å². The third-order valence-corrected chi connectivity index (χ3v) is 2.81. The van der Waals surface area contributed by atoms with Crippen LogP contribution in [0.2, 0.25) is 0 Å². The number of nitro groups is 4. The molecule has 0 radical (unpaired) electrons. The lowest BCUT2D eigenvalue weighted by Crippen LogP contribution is -2.36. The second-order valence-electron chi connectivity index (χ2n) is 4.84. The number of azo groups is 3. The smallest absolute Gasteiger partial charge is 0.674 e. The molecular formula is C6H2N14O13. The van der Waals surface area contributed by atoms with Crippen molar-refractivity contribution in [1.29, 1.82) is 0 Å². The quantitative estimate of drug-likeness (QED) is 0.133. The Kier molecular flexibility index (Phi) is 6.56. The predicted octanol–water partition coefficient (Wildman–Crippen LogP) is -0.760. The van der Waals surface area contributed by atoms with Crippen molar-refractivity contribution in [2.45, 2.75) is 12.6 Å². The highest BCUT2D eigenvalue weighted by Gasteiger charge is 2.45. The molecule has 0 atom stereocenters. The Bertz CT molecular complexity index is 1160. The van der Waals surface area contributed by atoms with Crippen LogP contribution in [0.5, 0.6) is 0 Å². The maximum Gasteiger partial charge on any atom is 0.674 e. The molecule has 0 fully saturated rings. The van der Waals surface area contributed by atoms with Gasteiger partial charge in [-0.3, -0.25) is 40.5 Å². The molecule has 0 saturated carbocycles. The minimum absolute atomic E-state index is 0.622. The fourth-order valence-corrected chi connectivity index (χ4v) is 1.57. The topological polar surface area (TPSA) is 366 Å². The van der Waals surface area contributed by atoms with Gasteiger partial charge in [0.15, 0.2) is 24.8 Å². The van der Waals surface area contributed by atoms with E-state index in [4.69, 9.17) is 0 Å². The van der Waals surface area contributed by atoms with Crippen LogP contribution in [0.3, 0.4) is 0 Å². The van der Waals surface area contributed by atoms with Crippen molar-refractivity contribution in [3.05, 3.63) is 56.1 Å². The fraction of sp³-hybridized carbons (Fsp3) is 0.333. The summed E-state index contributed by atoms with van der Waals surface area (Å²) in [6.07, 6.45) is -6.24. The van der Waals surface area contributed by atoms with Crippen molar-refractivity contribution in [2.24, 2.45) is 15.3 Å². The molecule has 0 spiro atoms. The van der Waals surface area contributed by atoms with E-state index < -0.39 is 70.1 Å². The van der Waals surface area contributed by atoms with Gasteiger partial charge in [0.25, 0.3) is 5.82 Å². The molecule has 0 saturated heterocycles. The van der Waals surface area contributed by atoms with Crippen LogP contribution in [0.15, 0.2) is 24.6 Å². The number of aromatic nitrogens is 4. The molecule has 2 aromatic heterocycles. The highest BCUT2D eigenvalue weighted by molar-refractivity contribution is 5.47. The minimum atomic E-state index is -3.13. The van der Waals surface area contributed by atoms with Crippen molar-refractivity contribution in [3.8, 4) is 0 Å². The Morgan fingerprint density at radius 3 is 1.39 bits per heavy atom. The van der Waals surface area contributed by atoms with E-state index in [1.54, 1.807) is 0 Å². The molecule has 0 bridgehead atoms. The Morgan fingerprint density at radius 1 is 0.576 bits per heavy atom. The molecule has 2 heterocycles. The standard InChI is InChI=1S/C6H2N14O13/c21-14(4-3(12-33-13-4)9-16(23)6(19(28)29)20(30)31)7-1-2(11-32-10-1)8-15(22)5(17(24)25)18(26)27/h5-6H. The largest absolute Gasteiger partial charge is 0.690 e. The van der Waals surface area contributed by atoms with Gasteiger partial charge in [0.05, 0.1) is 14.8 Å². The molecule has 0 amide bonds. The Morgan fingerprint density at radius 2 is 0.939 bits per heavy atom. The lowest BCUT2D eigenvalue weighted by Gasteiger charge is -2.00. The summed E-state index contributed by atoms with van der Waals surface area (Å²) in [5.41, 5.74) is 0. The summed E-state index contributed by atoms with van der Waals surface area (Å²) in [7, 11) is 0. The first-order valence-corrected chi connectivity index (χ1v) is 7.18. The average Bonchev–Trinajstić information content (AvgIpc) is 3.30. The number of rotatable bonds is 10. The summed E-state index contributed by atoms with van der Waals surface area (Å²) < 4.78 is 8.17. The lowest BCUT2D eigenvalue weighted by molar-refractivity contribution is -0.924. The summed E-state index contributed by atoms with van der Waals surface area (Å²) in [5, 5.41) is 97.8. The van der Waals surface area contributed by atoms with Gasteiger partial charge in [-0.15, -0.1) is 9.49 Å². The summed E-state index contributed by atoms with van der Waals surface area (Å²) in [5.74, 6) is -4.42. The molecule has 0 aromatic carbocycles. The van der Waals surface area contributed by atoms with Gasteiger partial charge in [-0.2, -0.15) is 0 Å². The van der Waals surface area contributed by atoms with Crippen LogP contribution in [0, 0.1) is 56.1 Å². The Hall–Kier alpha value is -5.92. The molecular weight excluding hydrogens is 476 g/mol. The lowest BCUT2D eigenvalue weighted by atomic mass is 10.6. The normalized spacial score (nSPS) is 12.8. The third kappa shape index (κ3) is 5.17. The van der Waals surface area contributed by atoms with E-state index in [1.165, 1.54) is 0 Å². The maximum atomic E-state index is 12.1. The number of hydrogen-bond donors (Lipinski definition) is 0. The molecule has 0 aliphatic heterocycles. The Labute approximate surface area is 172 Å². The van der Waals surface area contributed by atoms with E-state index in [1.807, 2.05) is 0 Å². The highest BCUT2D eigenvalue weighted by atomic mass is 16.7.